The third kappa shape index (κ3) is 26.4. The number of rotatable bonds is 35. The number of sulfonamides is 1. The van der Waals surface area contributed by atoms with E-state index >= 15 is 0 Å². The van der Waals surface area contributed by atoms with E-state index in [0.29, 0.717) is 60.1 Å². The molecule has 0 amide bonds. The maximum absolute atomic E-state index is 14.4. The normalized spacial score (nSPS) is 17.4. The first-order chi connectivity index (χ1) is 69.2. The lowest BCUT2D eigenvalue weighted by atomic mass is 9.80. The average molecular weight is 1980 g/mol. The summed E-state index contributed by atoms with van der Waals surface area (Å²) in [7, 11) is -0.0478. The Hall–Kier alpha value is -12.0. The molecule has 4 N–H and O–H groups in total. The van der Waals surface area contributed by atoms with Crippen LogP contribution in [-0.4, -0.2) is 177 Å². The highest BCUT2D eigenvalue weighted by Crippen LogP contribution is 2.54. The number of para-hydroxylation sites is 1. The molecule has 10 aromatic carbocycles. The van der Waals surface area contributed by atoms with Gasteiger partial charge in [-0.2, -0.15) is 23.1 Å². The second kappa shape index (κ2) is 48.4. The zero-order chi connectivity index (χ0) is 98.3. The number of piperazine rings is 1. The zero-order valence-electron chi connectivity index (χ0n) is 80.5. The molecule has 2 atom stereocenters. The minimum Gasteiger partial charge on any atom is -0.497 e. The first-order valence-corrected chi connectivity index (χ1v) is 51.6. The van der Waals surface area contributed by atoms with Gasteiger partial charge >= 0.3 is 12.1 Å². The van der Waals surface area contributed by atoms with Gasteiger partial charge in [-0.05, 0) is 220 Å². The molecule has 3 saturated heterocycles. The van der Waals surface area contributed by atoms with Crippen LogP contribution in [0.1, 0.15) is 191 Å². The molecule has 20 rings (SSSR count). The molecule has 23 nitrogen and oxygen atoms in total. The second-order valence-corrected chi connectivity index (χ2v) is 40.0. The van der Waals surface area contributed by atoms with Crippen LogP contribution in [0, 0.1) is 6.92 Å². The number of esters is 1. The summed E-state index contributed by atoms with van der Waals surface area (Å²) in [4.78, 5) is 37.5. The van der Waals surface area contributed by atoms with E-state index in [4.69, 9.17) is 60.9 Å². The smallest absolute Gasteiger partial charge is 0.416 e. The molecule has 3 saturated carbocycles. The van der Waals surface area contributed by atoms with Crippen molar-refractivity contribution in [2.24, 2.45) is 0 Å². The van der Waals surface area contributed by atoms with Gasteiger partial charge in [-0.25, -0.2) is 22.9 Å². The van der Waals surface area contributed by atoms with E-state index in [-0.39, 0.29) is 58.7 Å². The van der Waals surface area contributed by atoms with Crippen LogP contribution in [-0.2, 0) is 60.9 Å². The summed E-state index contributed by atoms with van der Waals surface area (Å²) in [5.41, 5.74) is 11.0. The fourth-order valence-electron chi connectivity index (χ4n) is 19.8. The number of aromatic nitrogens is 5. The number of piperidine rings is 2. The van der Waals surface area contributed by atoms with E-state index in [2.05, 4.69) is 195 Å². The number of pyridine rings is 1. The number of halogens is 5. The van der Waals surface area contributed by atoms with Crippen molar-refractivity contribution in [3.8, 4) is 17.4 Å². The van der Waals surface area contributed by atoms with Gasteiger partial charge in [0, 0.05) is 112 Å². The number of alkyl halides is 3. The monoisotopic (exact) mass is 1980 g/mol. The summed E-state index contributed by atoms with van der Waals surface area (Å²) in [6.45, 7) is 15.0. The molecular formula is C113H124Cl2F3N13O10S. The number of ether oxygens (including phenoxy) is 5. The Labute approximate surface area is 840 Å². The van der Waals surface area contributed by atoms with Crippen LogP contribution in [0.2, 0.25) is 10.0 Å². The lowest BCUT2D eigenvalue weighted by molar-refractivity contribution is -0.141. The van der Waals surface area contributed by atoms with Gasteiger partial charge in [0.25, 0.3) is 0 Å². The summed E-state index contributed by atoms with van der Waals surface area (Å²) in [6.07, 6.45) is 9.97. The Morgan fingerprint density at radius 1 is 0.549 bits per heavy atom. The first-order valence-electron chi connectivity index (χ1n) is 49.4. The number of benzene rings is 10. The van der Waals surface area contributed by atoms with Gasteiger partial charge in [0.15, 0.2) is 11.6 Å². The molecular weight excluding hydrogens is 1860 g/mol. The zero-order valence-corrected chi connectivity index (χ0v) is 82.8. The quantitative estimate of drug-likeness (QED) is 0.0213. The molecule has 7 aliphatic rings. The van der Waals surface area contributed by atoms with Crippen molar-refractivity contribution in [2.75, 3.05) is 111 Å². The maximum Gasteiger partial charge on any atom is 0.416 e. The minimum absolute atomic E-state index is 0.0438. The molecule has 742 valence electrons. The summed E-state index contributed by atoms with van der Waals surface area (Å²) in [5, 5.41) is 20.1. The van der Waals surface area contributed by atoms with Crippen molar-refractivity contribution in [1.29, 1.82) is 0 Å². The fourth-order valence-corrected chi connectivity index (χ4v) is 21.4. The summed E-state index contributed by atoms with van der Waals surface area (Å²) < 4.78 is 111. The molecule has 3 aliphatic carbocycles. The van der Waals surface area contributed by atoms with Crippen LogP contribution in [0.25, 0.3) is 0 Å². The molecule has 0 spiro atoms. The number of carbonyl (C=O) groups is 1. The number of hydrogen-bond donors (Lipinski definition) is 4. The highest BCUT2D eigenvalue weighted by Gasteiger charge is 2.52. The van der Waals surface area contributed by atoms with Crippen LogP contribution in [0.15, 0.2) is 305 Å². The Morgan fingerprint density at radius 3 is 1.70 bits per heavy atom. The number of aryl methyl sites for hydroxylation is 1. The predicted octanol–water partition coefficient (Wildman–Crippen LogP) is 21.2. The van der Waals surface area contributed by atoms with Gasteiger partial charge in [0.1, 0.15) is 30.3 Å². The van der Waals surface area contributed by atoms with Crippen molar-refractivity contribution in [1.82, 2.24) is 60.2 Å². The number of nitrogens with one attached hydrogen (secondary N) is 4. The maximum atomic E-state index is 14.4. The van der Waals surface area contributed by atoms with E-state index in [9.17, 15) is 26.4 Å². The number of nitrogens with zero attached hydrogens (tertiary/aromatic N) is 9. The van der Waals surface area contributed by atoms with E-state index in [1.807, 2.05) is 91.0 Å². The van der Waals surface area contributed by atoms with Crippen molar-refractivity contribution in [3.05, 3.63) is 391 Å². The molecule has 0 bridgehead atoms. The minimum atomic E-state index is -4.63. The third-order valence-corrected chi connectivity index (χ3v) is 30.0. The van der Waals surface area contributed by atoms with Gasteiger partial charge in [-0.3, -0.25) is 14.7 Å². The topological polar surface area (TPSA) is 249 Å². The molecule has 13 aromatic rings. The van der Waals surface area contributed by atoms with Crippen molar-refractivity contribution in [2.45, 2.75) is 162 Å². The number of fused-ring (bicyclic) bond motifs is 1. The molecule has 0 radical (unpaired) electrons. The summed E-state index contributed by atoms with van der Waals surface area (Å²) >= 11 is 12.1. The van der Waals surface area contributed by atoms with Crippen LogP contribution < -0.4 is 34.9 Å². The van der Waals surface area contributed by atoms with Crippen molar-refractivity contribution < 1.29 is 59.1 Å². The van der Waals surface area contributed by atoms with Crippen LogP contribution in [0.4, 0.5) is 18.9 Å². The van der Waals surface area contributed by atoms with Crippen LogP contribution in [0.3, 0.4) is 0 Å². The van der Waals surface area contributed by atoms with Crippen LogP contribution >= 0.6 is 23.2 Å². The number of methoxy groups -OCH3 is 2. The van der Waals surface area contributed by atoms with E-state index < -0.39 is 33.7 Å². The average Bonchev–Trinajstić information content (AvgIpc) is 1.53. The lowest BCUT2D eigenvalue weighted by Gasteiger charge is -2.39. The molecule has 4 aliphatic heterocycles. The van der Waals surface area contributed by atoms with Gasteiger partial charge in [0.05, 0.1) is 72.7 Å². The SMILES string of the molecule is COc1ccc(CNCCOC(c2ccccc2)c2ccc(Cl)cc2)cc1.COc1ccccc1C1CCN(CCNCc2nc(C3(c4ccc(Cl)cc4)CC3)no2)CC1.Cc1ccc(C2(c3noc(CN4CCC(NS(=O)(=O)c5ccccc5)CC4)n3)CC2)cc1.O=C(OCCN1CCN(C(c2ccccc2)c2ccccc2)CC1)C1=CNc2ccnc(OC3CCCC3)c2[C@H]1c1ccccc1C(F)(F)F. The number of carbonyl (C=O) groups excluding carboxylic acids is 1. The van der Waals surface area contributed by atoms with Gasteiger partial charge in [-0.15, -0.1) is 0 Å². The Morgan fingerprint density at radius 2 is 1.09 bits per heavy atom. The molecule has 7 heterocycles. The van der Waals surface area contributed by atoms with E-state index in [1.165, 1.54) is 70.1 Å². The first kappa shape index (κ1) is 102. The summed E-state index contributed by atoms with van der Waals surface area (Å²) in [5.74, 6) is 3.80. The molecule has 142 heavy (non-hydrogen) atoms. The Bertz CT molecular complexity index is 6290. The lowest BCUT2D eigenvalue weighted by Crippen LogP contribution is -2.48. The molecule has 6 fully saturated rings. The standard InChI is InChI=1S/C40H41F3N4O3.C26H31ClN4O2.C24H28N4O3S.C23H24ClNO2/c41-40(42,43)33-18-10-9-17-31(33)35-32(27-45-34-19-20-44-38(36(34)35)50-30-15-7-8-16-30)39(48)49-26-25-46-21-23-47(24-22-46)37(28-11-3-1-4-12-28)29-13-5-2-6-14-29;1-32-23-5-3-2-4-22(23)19-10-15-31(16-11-19)17-14-28-18-24-29-25(30-33-24)26(12-13-26)20-6-8-21(27)9-7-20;1-18-7-9-19(10-8-18)24(13-14-24)23-25-22(31-26-23)17-28-15-11-20(12-16-28)27-32(29,30)21-5-3-2-4-6-21;1-26-22-13-7-18(8-14-22)17-25-15-16-27-23(19-5-3-2-4-6-19)20-9-11-21(24)12-10-20/h1-6,9-14,17-20,27,30,35,37,45H,7-8,15-16,21-26H2;2-9,19,28H,10-18H2,1H3;2-10,20,27H,11-17H2,1H3;2-14,23,25H,15-17H2,1H3/t35-;;;/m0.../s1. The van der Waals surface area contributed by atoms with Crippen molar-refractivity contribution >= 4 is 44.9 Å². The van der Waals surface area contributed by atoms with Crippen LogP contribution in [0.5, 0.6) is 17.4 Å². The van der Waals surface area contributed by atoms with Crippen molar-refractivity contribution in [3.63, 3.8) is 0 Å². The van der Waals surface area contributed by atoms with E-state index in [1.54, 1.807) is 56.8 Å². The number of likely N-dealkylation sites (tertiary alicyclic amines) is 2. The van der Waals surface area contributed by atoms with E-state index in [0.717, 1.165) is 193 Å². The Balaban J connectivity index is 0.000000134. The Kier molecular flexibility index (Phi) is 34.6. The predicted molar refractivity (Wildman–Crippen MR) is 546 cm³/mol. The fraction of sp³-hybridized carbons (Fsp3) is 0.363. The number of anilines is 1. The summed E-state index contributed by atoms with van der Waals surface area (Å²) in [6, 6.07) is 87.8. The van der Waals surface area contributed by atoms with Gasteiger partial charge < -0.3 is 53.6 Å². The number of hydrogen-bond acceptors (Lipinski definition) is 22. The van der Waals surface area contributed by atoms with Gasteiger partial charge in [-0.1, -0.05) is 245 Å². The highest BCUT2D eigenvalue weighted by molar-refractivity contribution is 7.89. The largest absolute Gasteiger partial charge is 0.497 e. The highest BCUT2D eigenvalue weighted by atomic mass is 35.5. The molecule has 1 unspecified atom stereocenters. The van der Waals surface area contributed by atoms with Gasteiger partial charge in [0.2, 0.25) is 27.7 Å². The third-order valence-electron chi connectivity index (χ3n) is 28.0. The second-order valence-electron chi connectivity index (χ2n) is 37.4. The molecule has 3 aromatic heterocycles. The molecule has 29 heteroatoms.